The summed E-state index contributed by atoms with van der Waals surface area (Å²) in [5.74, 6) is 1.92. The minimum atomic E-state index is 0.348. The average Bonchev–Trinajstić information content (AvgIpc) is 2.60. The second-order valence-electron chi connectivity index (χ2n) is 6.92. The number of anilines is 2. The van der Waals surface area contributed by atoms with Gasteiger partial charge >= 0.3 is 0 Å². The van der Waals surface area contributed by atoms with E-state index in [1.165, 1.54) is 24.8 Å². The zero-order valence-electron chi connectivity index (χ0n) is 15.1. The molecule has 0 bridgehead atoms. The van der Waals surface area contributed by atoms with Crippen molar-refractivity contribution in [2.75, 3.05) is 22.9 Å². The van der Waals surface area contributed by atoms with Crippen LogP contribution in [0.3, 0.4) is 0 Å². The van der Waals surface area contributed by atoms with Gasteiger partial charge in [0.1, 0.15) is 5.82 Å². The van der Waals surface area contributed by atoms with Crippen LogP contribution in [0, 0.1) is 6.92 Å². The Morgan fingerprint density at radius 3 is 2.42 bits per heavy atom. The Morgan fingerprint density at radius 2 is 1.75 bits per heavy atom. The van der Waals surface area contributed by atoms with E-state index in [4.69, 9.17) is 9.97 Å². The first-order valence-corrected chi connectivity index (χ1v) is 9.04. The molecule has 0 N–H and O–H groups in total. The molecule has 3 rings (SSSR count). The first-order chi connectivity index (χ1) is 11.6. The highest BCUT2D eigenvalue weighted by atomic mass is 15.3. The van der Waals surface area contributed by atoms with Crippen LogP contribution in [0.4, 0.5) is 11.8 Å². The van der Waals surface area contributed by atoms with Gasteiger partial charge in [-0.15, -0.1) is 0 Å². The molecule has 2 aromatic rings. The van der Waals surface area contributed by atoms with Crippen LogP contribution >= 0.6 is 0 Å². The maximum atomic E-state index is 4.92. The molecule has 1 fully saturated rings. The molecule has 0 radical (unpaired) electrons. The topological polar surface area (TPSA) is 32.3 Å². The Morgan fingerprint density at radius 1 is 1.04 bits per heavy atom. The van der Waals surface area contributed by atoms with Crippen LogP contribution in [0.5, 0.6) is 0 Å². The lowest BCUT2D eigenvalue weighted by atomic mass is 10.1. The van der Waals surface area contributed by atoms with Crippen LogP contribution in [-0.2, 0) is 6.54 Å². The van der Waals surface area contributed by atoms with Crippen LogP contribution in [0.15, 0.2) is 36.4 Å². The van der Waals surface area contributed by atoms with Crippen LogP contribution in [0.1, 0.15) is 44.4 Å². The van der Waals surface area contributed by atoms with Crippen LogP contribution in [-0.4, -0.2) is 29.1 Å². The van der Waals surface area contributed by atoms with Gasteiger partial charge < -0.3 is 9.80 Å². The molecule has 1 aromatic carbocycles. The predicted octanol–water partition coefficient (Wildman–Crippen LogP) is 4.19. The lowest BCUT2D eigenvalue weighted by Gasteiger charge is -2.31. The van der Waals surface area contributed by atoms with Gasteiger partial charge in [0.05, 0.1) is 0 Å². The lowest BCUT2D eigenvalue weighted by Crippen LogP contribution is -2.34. The fourth-order valence-corrected chi connectivity index (χ4v) is 3.21. The van der Waals surface area contributed by atoms with E-state index in [-0.39, 0.29) is 0 Å². The van der Waals surface area contributed by atoms with Crippen LogP contribution in [0.2, 0.25) is 0 Å². The number of piperidine rings is 1. The van der Waals surface area contributed by atoms with Gasteiger partial charge in [-0.25, -0.2) is 4.98 Å². The number of aryl methyl sites for hydroxylation is 1. The van der Waals surface area contributed by atoms with E-state index in [1.807, 2.05) is 0 Å². The van der Waals surface area contributed by atoms with E-state index in [0.29, 0.717) is 6.04 Å². The quantitative estimate of drug-likeness (QED) is 0.825. The van der Waals surface area contributed by atoms with Gasteiger partial charge in [-0.05, 0) is 45.6 Å². The molecular weight excluding hydrogens is 296 g/mol. The highest BCUT2D eigenvalue weighted by molar-refractivity contribution is 5.47. The van der Waals surface area contributed by atoms with Gasteiger partial charge in [0.25, 0.3) is 0 Å². The summed E-state index contributed by atoms with van der Waals surface area (Å²) >= 11 is 0. The SMILES string of the molecule is Cc1cc(N2CCCCC2)nc(N(Cc2ccccc2)C(C)C)n1. The molecule has 0 unspecified atom stereocenters. The number of hydrogen-bond acceptors (Lipinski definition) is 4. The van der Waals surface area contributed by atoms with Crippen molar-refractivity contribution in [1.29, 1.82) is 0 Å². The molecule has 4 nitrogen and oxygen atoms in total. The van der Waals surface area contributed by atoms with Crippen molar-refractivity contribution in [3.8, 4) is 0 Å². The summed E-state index contributed by atoms with van der Waals surface area (Å²) in [6.07, 6.45) is 3.85. The van der Waals surface area contributed by atoms with Crippen molar-refractivity contribution in [1.82, 2.24) is 9.97 Å². The van der Waals surface area contributed by atoms with Crippen LogP contribution < -0.4 is 9.80 Å². The van der Waals surface area contributed by atoms with Gasteiger partial charge in [-0.2, -0.15) is 4.98 Å². The Bertz CT molecular complexity index is 648. The average molecular weight is 324 g/mol. The van der Waals surface area contributed by atoms with Gasteiger partial charge in [-0.3, -0.25) is 0 Å². The Hall–Kier alpha value is -2.10. The summed E-state index contributed by atoms with van der Waals surface area (Å²) in [4.78, 5) is 14.3. The Kier molecular flexibility index (Phi) is 5.34. The van der Waals surface area contributed by atoms with E-state index in [0.717, 1.165) is 37.1 Å². The van der Waals surface area contributed by atoms with Crippen molar-refractivity contribution in [2.45, 2.75) is 52.6 Å². The van der Waals surface area contributed by atoms with E-state index in [2.05, 4.69) is 67.0 Å². The normalized spacial score (nSPS) is 14.9. The molecule has 0 atom stereocenters. The van der Waals surface area contributed by atoms with Crippen molar-refractivity contribution < 1.29 is 0 Å². The van der Waals surface area contributed by atoms with Gasteiger partial charge in [-0.1, -0.05) is 30.3 Å². The van der Waals surface area contributed by atoms with Crippen LogP contribution in [0.25, 0.3) is 0 Å². The third-order valence-corrected chi connectivity index (χ3v) is 4.58. The summed E-state index contributed by atoms with van der Waals surface area (Å²) in [5.41, 5.74) is 2.33. The molecule has 4 heteroatoms. The third-order valence-electron chi connectivity index (χ3n) is 4.58. The van der Waals surface area contributed by atoms with E-state index in [1.54, 1.807) is 0 Å². The van der Waals surface area contributed by atoms with Gasteiger partial charge in [0.15, 0.2) is 0 Å². The van der Waals surface area contributed by atoms with E-state index in [9.17, 15) is 0 Å². The second-order valence-corrected chi connectivity index (χ2v) is 6.92. The van der Waals surface area contributed by atoms with Gasteiger partial charge in [0.2, 0.25) is 5.95 Å². The van der Waals surface area contributed by atoms with Crippen molar-refractivity contribution >= 4 is 11.8 Å². The molecule has 1 saturated heterocycles. The zero-order valence-corrected chi connectivity index (χ0v) is 15.1. The first kappa shape index (κ1) is 16.7. The summed E-state index contributed by atoms with van der Waals surface area (Å²) < 4.78 is 0. The molecule has 1 aromatic heterocycles. The van der Waals surface area contributed by atoms with Gasteiger partial charge in [0, 0.05) is 37.4 Å². The molecule has 0 aliphatic carbocycles. The molecule has 0 amide bonds. The highest BCUT2D eigenvalue weighted by Crippen LogP contribution is 2.23. The fourth-order valence-electron chi connectivity index (χ4n) is 3.21. The molecule has 0 spiro atoms. The molecule has 0 saturated carbocycles. The summed E-state index contributed by atoms with van der Waals surface area (Å²) in [7, 11) is 0. The smallest absolute Gasteiger partial charge is 0.228 e. The molecule has 1 aliphatic heterocycles. The molecule has 1 aliphatic rings. The summed E-state index contributed by atoms with van der Waals surface area (Å²) in [6, 6.07) is 13.0. The number of rotatable bonds is 5. The summed E-state index contributed by atoms with van der Waals surface area (Å²) in [5, 5.41) is 0. The van der Waals surface area contributed by atoms with E-state index >= 15 is 0 Å². The number of benzene rings is 1. The highest BCUT2D eigenvalue weighted by Gasteiger charge is 2.18. The lowest BCUT2D eigenvalue weighted by molar-refractivity contribution is 0.571. The summed E-state index contributed by atoms with van der Waals surface area (Å²) in [6.45, 7) is 9.53. The maximum absolute atomic E-state index is 4.92. The number of nitrogens with zero attached hydrogens (tertiary/aromatic N) is 4. The Balaban J connectivity index is 1.88. The Labute approximate surface area is 145 Å². The largest absolute Gasteiger partial charge is 0.356 e. The second kappa shape index (κ2) is 7.65. The van der Waals surface area contributed by atoms with Crippen molar-refractivity contribution in [2.24, 2.45) is 0 Å². The predicted molar refractivity (Wildman–Crippen MR) is 101 cm³/mol. The molecule has 2 heterocycles. The minimum absolute atomic E-state index is 0.348. The first-order valence-electron chi connectivity index (χ1n) is 9.04. The third kappa shape index (κ3) is 4.05. The maximum Gasteiger partial charge on any atom is 0.228 e. The molecule has 24 heavy (non-hydrogen) atoms. The van der Waals surface area contributed by atoms with Crippen molar-refractivity contribution in [3.63, 3.8) is 0 Å². The monoisotopic (exact) mass is 324 g/mol. The molecule has 128 valence electrons. The zero-order chi connectivity index (χ0) is 16.9. The van der Waals surface area contributed by atoms with Crippen molar-refractivity contribution in [3.05, 3.63) is 47.7 Å². The number of hydrogen-bond donors (Lipinski definition) is 0. The fraction of sp³-hybridized carbons (Fsp3) is 0.500. The number of aromatic nitrogens is 2. The standard InChI is InChI=1S/C20H28N4/c1-16(2)24(15-18-10-6-4-7-11-18)20-21-17(3)14-19(22-20)23-12-8-5-9-13-23/h4,6-7,10-11,14,16H,5,8-9,12-13,15H2,1-3H3. The van der Waals surface area contributed by atoms with E-state index < -0.39 is 0 Å². The molecular formula is C20H28N4. The minimum Gasteiger partial charge on any atom is -0.356 e.